The van der Waals surface area contributed by atoms with Crippen LogP contribution in [0, 0.1) is 0 Å². The van der Waals surface area contributed by atoms with Gasteiger partial charge in [0.05, 0.1) is 0 Å². The minimum Gasteiger partial charge on any atom is -0.481 e. The van der Waals surface area contributed by atoms with Crippen molar-refractivity contribution in [3.05, 3.63) is 22.8 Å². The molecule has 1 fully saturated rings. The van der Waals surface area contributed by atoms with Gasteiger partial charge in [-0.2, -0.15) is 0 Å². The Morgan fingerprint density at radius 2 is 2.05 bits per heavy atom. The minimum atomic E-state index is -0.710. The smallest absolute Gasteiger partial charge is 0.303 e. The lowest BCUT2D eigenvalue weighted by Crippen LogP contribution is -2.46. The van der Waals surface area contributed by atoms with Crippen LogP contribution in [0.1, 0.15) is 12.8 Å². The highest BCUT2D eigenvalue weighted by molar-refractivity contribution is 9.10. The fourth-order valence-electron chi connectivity index (χ4n) is 2.21. The first-order valence-corrected chi connectivity index (χ1v) is 7.25. The third kappa shape index (κ3) is 4.47. The zero-order chi connectivity index (χ0) is 13.7. The van der Waals surface area contributed by atoms with E-state index < -0.39 is 5.97 Å². The summed E-state index contributed by atoms with van der Waals surface area (Å²) in [6, 6.07) is 4.02. The van der Waals surface area contributed by atoms with Gasteiger partial charge in [0.2, 0.25) is 0 Å². The Bertz CT molecular complexity index is 416. The van der Waals surface area contributed by atoms with Crippen LogP contribution in [0.25, 0.3) is 0 Å². The molecule has 0 amide bonds. The fourth-order valence-corrected chi connectivity index (χ4v) is 2.44. The van der Waals surface area contributed by atoms with Crippen LogP contribution >= 0.6 is 15.9 Å². The van der Waals surface area contributed by atoms with Crippen molar-refractivity contribution < 1.29 is 9.90 Å². The summed E-state index contributed by atoms with van der Waals surface area (Å²) in [5.41, 5.74) is 0. The average molecular weight is 328 g/mol. The number of rotatable bonds is 5. The summed E-state index contributed by atoms with van der Waals surface area (Å²) in [4.78, 5) is 19.4. The van der Waals surface area contributed by atoms with Crippen LogP contribution in [0.2, 0.25) is 0 Å². The van der Waals surface area contributed by atoms with E-state index in [4.69, 9.17) is 5.11 Å². The second-order valence-corrected chi connectivity index (χ2v) is 5.58. The van der Waals surface area contributed by atoms with Gasteiger partial charge < -0.3 is 10.0 Å². The Morgan fingerprint density at radius 1 is 1.32 bits per heavy atom. The molecule has 0 radical (unpaired) electrons. The monoisotopic (exact) mass is 327 g/mol. The van der Waals surface area contributed by atoms with Gasteiger partial charge in [0.1, 0.15) is 5.82 Å². The largest absolute Gasteiger partial charge is 0.481 e. The van der Waals surface area contributed by atoms with Crippen molar-refractivity contribution in [2.24, 2.45) is 0 Å². The number of halogens is 1. The fraction of sp³-hybridized carbons (Fsp3) is 0.538. The third-order valence-corrected chi connectivity index (χ3v) is 3.74. The standard InChI is InChI=1S/C13H18BrN3O2/c14-11-3-4-12(15-10-11)17-8-6-16(7-9-17)5-1-2-13(18)19/h3-4,10H,1-2,5-9H2,(H,18,19). The molecule has 1 aliphatic rings. The van der Waals surface area contributed by atoms with Crippen LogP contribution < -0.4 is 4.90 Å². The molecule has 1 aromatic rings. The second-order valence-electron chi connectivity index (χ2n) is 4.66. The van der Waals surface area contributed by atoms with Crippen LogP contribution in [0.4, 0.5) is 5.82 Å². The van der Waals surface area contributed by atoms with Gasteiger partial charge in [0, 0.05) is 43.3 Å². The summed E-state index contributed by atoms with van der Waals surface area (Å²) < 4.78 is 0.989. The molecule has 0 aromatic carbocycles. The number of nitrogens with zero attached hydrogens (tertiary/aromatic N) is 3. The molecule has 1 aromatic heterocycles. The molecule has 2 heterocycles. The Morgan fingerprint density at radius 3 is 2.63 bits per heavy atom. The highest BCUT2D eigenvalue weighted by Crippen LogP contribution is 2.16. The van der Waals surface area contributed by atoms with Crippen molar-refractivity contribution in [3.63, 3.8) is 0 Å². The summed E-state index contributed by atoms with van der Waals surface area (Å²) >= 11 is 3.38. The normalized spacial score (nSPS) is 16.6. The predicted molar refractivity (Wildman–Crippen MR) is 77.5 cm³/mol. The van der Waals surface area contributed by atoms with E-state index in [1.807, 2.05) is 18.3 Å². The van der Waals surface area contributed by atoms with Crippen molar-refractivity contribution in [2.45, 2.75) is 12.8 Å². The Labute approximate surface area is 121 Å². The van der Waals surface area contributed by atoms with Gasteiger partial charge in [-0.1, -0.05) is 0 Å². The molecule has 0 unspecified atom stereocenters. The van der Waals surface area contributed by atoms with Crippen molar-refractivity contribution in [1.82, 2.24) is 9.88 Å². The van der Waals surface area contributed by atoms with Gasteiger partial charge in [-0.3, -0.25) is 9.69 Å². The number of aliphatic carboxylic acids is 1. The topological polar surface area (TPSA) is 56.7 Å². The summed E-state index contributed by atoms with van der Waals surface area (Å²) in [6.07, 6.45) is 2.80. The summed E-state index contributed by atoms with van der Waals surface area (Å²) in [7, 11) is 0. The lowest BCUT2D eigenvalue weighted by molar-refractivity contribution is -0.137. The van der Waals surface area contributed by atoms with Gasteiger partial charge in [0.15, 0.2) is 0 Å². The molecule has 0 bridgehead atoms. The number of carboxylic acids is 1. The van der Waals surface area contributed by atoms with Crippen LogP contribution in [-0.2, 0) is 4.79 Å². The number of carboxylic acid groups (broad SMARTS) is 1. The van der Waals surface area contributed by atoms with Crippen molar-refractivity contribution in [2.75, 3.05) is 37.6 Å². The number of piperazine rings is 1. The van der Waals surface area contributed by atoms with Crippen molar-refractivity contribution in [1.29, 1.82) is 0 Å². The number of aromatic nitrogens is 1. The second kappa shape index (κ2) is 6.86. The maximum atomic E-state index is 10.5. The first-order chi connectivity index (χ1) is 9.15. The molecular formula is C13H18BrN3O2. The van der Waals surface area contributed by atoms with Crippen LogP contribution in [0.3, 0.4) is 0 Å². The summed E-state index contributed by atoms with van der Waals surface area (Å²) in [6.45, 7) is 4.70. The van der Waals surface area contributed by atoms with E-state index in [9.17, 15) is 4.79 Å². The van der Waals surface area contributed by atoms with Crippen LogP contribution in [-0.4, -0.2) is 53.7 Å². The molecule has 0 aliphatic carbocycles. The first kappa shape index (κ1) is 14.3. The number of carbonyl (C=O) groups is 1. The summed E-state index contributed by atoms with van der Waals surface area (Å²) in [5, 5.41) is 8.62. The number of hydrogen-bond acceptors (Lipinski definition) is 4. The Hall–Kier alpha value is -1.14. The minimum absolute atomic E-state index is 0.258. The maximum Gasteiger partial charge on any atom is 0.303 e. The van der Waals surface area contributed by atoms with E-state index in [1.165, 1.54) is 0 Å². The number of anilines is 1. The highest BCUT2D eigenvalue weighted by Gasteiger charge is 2.17. The van der Waals surface area contributed by atoms with Gasteiger partial charge in [-0.05, 0) is 41.0 Å². The first-order valence-electron chi connectivity index (χ1n) is 6.46. The SMILES string of the molecule is O=C(O)CCCN1CCN(c2ccc(Br)cn2)CC1. The van der Waals surface area contributed by atoms with Gasteiger partial charge in [0.25, 0.3) is 0 Å². The van der Waals surface area contributed by atoms with Crippen LogP contribution in [0.5, 0.6) is 0 Å². The molecular weight excluding hydrogens is 310 g/mol. The van der Waals surface area contributed by atoms with E-state index in [0.29, 0.717) is 0 Å². The number of hydrogen-bond donors (Lipinski definition) is 1. The molecule has 0 spiro atoms. The van der Waals surface area contributed by atoms with E-state index in [1.54, 1.807) is 0 Å². The third-order valence-electron chi connectivity index (χ3n) is 3.27. The van der Waals surface area contributed by atoms with E-state index in [2.05, 4.69) is 30.7 Å². The van der Waals surface area contributed by atoms with E-state index in [-0.39, 0.29) is 6.42 Å². The molecule has 1 saturated heterocycles. The van der Waals surface area contributed by atoms with Gasteiger partial charge >= 0.3 is 5.97 Å². The zero-order valence-electron chi connectivity index (χ0n) is 10.8. The molecule has 6 heteroatoms. The Kier molecular flexibility index (Phi) is 5.15. The van der Waals surface area contributed by atoms with Crippen LogP contribution in [0.15, 0.2) is 22.8 Å². The molecule has 2 rings (SSSR count). The van der Waals surface area contributed by atoms with Gasteiger partial charge in [-0.15, -0.1) is 0 Å². The lowest BCUT2D eigenvalue weighted by atomic mass is 10.2. The predicted octanol–water partition coefficient (Wildman–Crippen LogP) is 1.83. The van der Waals surface area contributed by atoms with Crippen molar-refractivity contribution >= 4 is 27.7 Å². The molecule has 5 nitrogen and oxygen atoms in total. The quantitative estimate of drug-likeness (QED) is 0.894. The molecule has 19 heavy (non-hydrogen) atoms. The van der Waals surface area contributed by atoms with Gasteiger partial charge in [-0.25, -0.2) is 4.98 Å². The van der Waals surface area contributed by atoms with E-state index >= 15 is 0 Å². The van der Waals surface area contributed by atoms with Crippen molar-refractivity contribution in [3.8, 4) is 0 Å². The summed E-state index contributed by atoms with van der Waals surface area (Å²) in [5.74, 6) is 0.297. The zero-order valence-corrected chi connectivity index (χ0v) is 12.3. The molecule has 0 saturated carbocycles. The maximum absolute atomic E-state index is 10.5. The molecule has 1 aliphatic heterocycles. The number of pyridine rings is 1. The van der Waals surface area contributed by atoms with E-state index in [0.717, 1.165) is 49.4 Å². The lowest BCUT2D eigenvalue weighted by Gasteiger charge is -2.35. The molecule has 1 N–H and O–H groups in total. The molecule has 104 valence electrons. The average Bonchev–Trinajstić information content (AvgIpc) is 2.40. The Balaban J connectivity index is 1.76. The highest BCUT2D eigenvalue weighted by atomic mass is 79.9. The molecule has 0 atom stereocenters.